The van der Waals surface area contributed by atoms with Gasteiger partial charge in [-0.15, -0.1) is 12.4 Å². The topological polar surface area (TPSA) is 29.9 Å². The van der Waals surface area contributed by atoms with Crippen LogP contribution in [0.1, 0.15) is 31.1 Å². The van der Waals surface area contributed by atoms with Gasteiger partial charge < -0.3 is 5.32 Å². The summed E-state index contributed by atoms with van der Waals surface area (Å²) in [6.45, 7) is 6.04. The minimum absolute atomic E-state index is 0. The van der Waals surface area contributed by atoms with Crippen LogP contribution in [-0.4, -0.2) is 9.78 Å². The summed E-state index contributed by atoms with van der Waals surface area (Å²) in [7, 11) is 0. The van der Waals surface area contributed by atoms with Crippen LogP contribution in [0.2, 0.25) is 0 Å². The normalized spacial score (nSPS) is 10.4. The molecule has 0 aliphatic rings. The molecule has 2 aromatic rings. The predicted molar refractivity (Wildman–Crippen MR) is 76.8 cm³/mol. The van der Waals surface area contributed by atoms with E-state index in [0.29, 0.717) is 6.04 Å². The molecular weight excluding hydrogens is 246 g/mol. The van der Waals surface area contributed by atoms with Gasteiger partial charge in [0.15, 0.2) is 0 Å². The van der Waals surface area contributed by atoms with Crippen molar-refractivity contribution in [2.24, 2.45) is 0 Å². The fourth-order valence-electron chi connectivity index (χ4n) is 1.88. The van der Waals surface area contributed by atoms with Crippen molar-refractivity contribution in [2.45, 2.75) is 33.0 Å². The lowest BCUT2D eigenvalue weighted by Gasteiger charge is -2.11. The first-order valence-corrected chi connectivity index (χ1v) is 6.04. The fourth-order valence-corrected chi connectivity index (χ4v) is 1.88. The van der Waals surface area contributed by atoms with Gasteiger partial charge in [-0.25, -0.2) is 0 Å². The lowest BCUT2D eigenvalue weighted by Crippen LogP contribution is -2.17. The van der Waals surface area contributed by atoms with Gasteiger partial charge in [-0.3, -0.25) is 4.68 Å². The van der Waals surface area contributed by atoms with Crippen molar-refractivity contribution in [3.8, 4) is 0 Å². The van der Waals surface area contributed by atoms with Crippen LogP contribution < -0.4 is 5.32 Å². The van der Waals surface area contributed by atoms with Gasteiger partial charge in [-0.1, -0.05) is 30.3 Å². The maximum absolute atomic E-state index is 4.32. The second kappa shape index (κ2) is 7.19. The summed E-state index contributed by atoms with van der Waals surface area (Å²) < 4.78 is 2.05. The summed E-state index contributed by atoms with van der Waals surface area (Å²) in [5.74, 6) is 0. The molecular formula is C14H20ClN3. The highest BCUT2D eigenvalue weighted by Crippen LogP contribution is 2.07. The minimum atomic E-state index is 0. The average molecular weight is 266 g/mol. The molecule has 0 radical (unpaired) electrons. The molecule has 1 heterocycles. The third-order valence-corrected chi connectivity index (χ3v) is 2.72. The number of halogens is 1. The molecule has 0 amide bonds. The highest BCUT2D eigenvalue weighted by molar-refractivity contribution is 5.85. The molecule has 98 valence electrons. The van der Waals surface area contributed by atoms with Gasteiger partial charge >= 0.3 is 0 Å². The van der Waals surface area contributed by atoms with E-state index in [9.17, 15) is 0 Å². The Kier molecular flexibility index (Phi) is 5.89. The third kappa shape index (κ3) is 3.86. The summed E-state index contributed by atoms with van der Waals surface area (Å²) in [6.07, 6.45) is 1.86. The van der Waals surface area contributed by atoms with Crippen LogP contribution >= 0.6 is 12.4 Å². The van der Waals surface area contributed by atoms with Crippen molar-refractivity contribution >= 4 is 12.4 Å². The maximum Gasteiger partial charge on any atom is 0.0525 e. The zero-order valence-electron chi connectivity index (χ0n) is 10.8. The first-order chi connectivity index (χ1) is 8.27. The quantitative estimate of drug-likeness (QED) is 0.900. The zero-order chi connectivity index (χ0) is 12.1. The molecule has 0 bridgehead atoms. The molecule has 0 fully saturated rings. The Morgan fingerprint density at radius 3 is 2.50 bits per heavy atom. The van der Waals surface area contributed by atoms with E-state index in [-0.39, 0.29) is 12.4 Å². The van der Waals surface area contributed by atoms with E-state index in [4.69, 9.17) is 0 Å². The van der Waals surface area contributed by atoms with Crippen LogP contribution in [0.4, 0.5) is 0 Å². The molecule has 18 heavy (non-hydrogen) atoms. The van der Waals surface area contributed by atoms with Crippen LogP contribution in [0.15, 0.2) is 42.6 Å². The van der Waals surface area contributed by atoms with E-state index >= 15 is 0 Å². The molecule has 1 aromatic heterocycles. The third-order valence-electron chi connectivity index (χ3n) is 2.72. The maximum atomic E-state index is 4.32. The van der Waals surface area contributed by atoms with Crippen molar-refractivity contribution < 1.29 is 0 Å². The second-order valence-electron chi connectivity index (χ2n) is 4.45. The minimum Gasteiger partial charge on any atom is -0.307 e. The van der Waals surface area contributed by atoms with Gasteiger partial charge in [0, 0.05) is 25.3 Å². The van der Waals surface area contributed by atoms with Crippen LogP contribution in [0.3, 0.4) is 0 Å². The molecule has 2 rings (SSSR count). The Labute approximate surface area is 115 Å². The molecule has 0 saturated carbocycles. The number of nitrogens with zero attached hydrogens (tertiary/aromatic N) is 2. The van der Waals surface area contributed by atoms with E-state index in [1.807, 2.05) is 12.3 Å². The van der Waals surface area contributed by atoms with E-state index in [1.165, 1.54) is 11.3 Å². The molecule has 1 N–H and O–H groups in total. The highest BCUT2D eigenvalue weighted by Gasteiger charge is 2.04. The largest absolute Gasteiger partial charge is 0.307 e. The molecule has 4 heteroatoms. The molecule has 0 atom stereocenters. The van der Waals surface area contributed by atoms with Crippen molar-refractivity contribution in [1.82, 2.24) is 15.1 Å². The Morgan fingerprint density at radius 1 is 1.11 bits per heavy atom. The number of hydrogen-bond donors (Lipinski definition) is 1. The van der Waals surface area contributed by atoms with Gasteiger partial charge in [-0.05, 0) is 25.5 Å². The number of hydrogen-bond acceptors (Lipinski definition) is 2. The fraction of sp³-hybridized carbons (Fsp3) is 0.357. The standard InChI is InChI=1S/C14H19N3.ClH/c1-12(2)17-14(8-9-16-17)11-15-10-13-6-4-3-5-7-13;/h3-9,12,15H,10-11H2,1-2H3;1H. The van der Waals surface area contributed by atoms with Gasteiger partial charge in [0.05, 0.1) is 5.69 Å². The Balaban J connectivity index is 0.00000162. The SMILES string of the molecule is CC(C)n1nccc1CNCc1ccccc1.Cl. The Bertz CT molecular complexity index is 451. The second-order valence-corrected chi connectivity index (χ2v) is 4.45. The van der Waals surface area contributed by atoms with E-state index in [0.717, 1.165) is 13.1 Å². The lowest BCUT2D eigenvalue weighted by atomic mass is 10.2. The van der Waals surface area contributed by atoms with Gasteiger partial charge in [0.1, 0.15) is 0 Å². The van der Waals surface area contributed by atoms with Crippen LogP contribution in [-0.2, 0) is 13.1 Å². The molecule has 0 saturated heterocycles. The summed E-state index contributed by atoms with van der Waals surface area (Å²) in [5.41, 5.74) is 2.54. The monoisotopic (exact) mass is 265 g/mol. The van der Waals surface area contributed by atoms with Crippen molar-refractivity contribution in [2.75, 3.05) is 0 Å². The van der Waals surface area contributed by atoms with Gasteiger partial charge in [0.2, 0.25) is 0 Å². The van der Waals surface area contributed by atoms with Gasteiger partial charge in [0.25, 0.3) is 0 Å². The molecule has 0 aliphatic heterocycles. The molecule has 0 unspecified atom stereocenters. The average Bonchev–Trinajstić information content (AvgIpc) is 2.79. The smallest absolute Gasteiger partial charge is 0.0525 e. The van der Waals surface area contributed by atoms with E-state index < -0.39 is 0 Å². The summed E-state index contributed by atoms with van der Waals surface area (Å²) in [6, 6.07) is 12.9. The lowest BCUT2D eigenvalue weighted by molar-refractivity contribution is 0.495. The highest BCUT2D eigenvalue weighted by atomic mass is 35.5. The van der Waals surface area contributed by atoms with Crippen molar-refractivity contribution in [1.29, 1.82) is 0 Å². The first-order valence-electron chi connectivity index (χ1n) is 6.04. The van der Waals surface area contributed by atoms with Crippen LogP contribution in [0.25, 0.3) is 0 Å². The predicted octanol–water partition coefficient (Wildman–Crippen LogP) is 3.18. The van der Waals surface area contributed by atoms with Crippen LogP contribution in [0.5, 0.6) is 0 Å². The molecule has 0 spiro atoms. The number of nitrogens with one attached hydrogen (secondary N) is 1. The molecule has 0 aliphatic carbocycles. The van der Waals surface area contributed by atoms with E-state index in [1.54, 1.807) is 0 Å². The molecule has 3 nitrogen and oxygen atoms in total. The van der Waals surface area contributed by atoms with E-state index in [2.05, 4.69) is 59.3 Å². The Morgan fingerprint density at radius 2 is 1.83 bits per heavy atom. The van der Waals surface area contributed by atoms with Crippen molar-refractivity contribution in [3.05, 3.63) is 53.9 Å². The van der Waals surface area contributed by atoms with Crippen LogP contribution in [0, 0.1) is 0 Å². The zero-order valence-corrected chi connectivity index (χ0v) is 11.7. The van der Waals surface area contributed by atoms with Crippen molar-refractivity contribution in [3.63, 3.8) is 0 Å². The number of aromatic nitrogens is 2. The van der Waals surface area contributed by atoms with Gasteiger partial charge in [-0.2, -0.15) is 5.10 Å². The Hall–Kier alpha value is -1.32. The summed E-state index contributed by atoms with van der Waals surface area (Å²) in [5, 5.41) is 7.76. The molecule has 1 aromatic carbocycles. The summed E-state index contributed by atoms with van der Waals surface area (Å²) in [4.78, 5) is 0. The first kappa shape index (κ1) is 14.7. The summed E-state index contributed by atoms with van der Waals surface area (Å²) >= 11 is 0. The number of rotatable bonds is 5. The number of benzene rings is 1.